The second-order valence-corrected chi connectivity index (χ2v) is 10.1. The Bertz CT molecular complexity index is 1200. The number of rotatable bonds is 6. The summed E-state index contributed by atoms with van der Waals surface area (Å²) in [7, 11) is 0. The summed E-state index contributed by atoms with van der Waals surface area (Å²) in [6.45, 7) is 13.0. The lowest BCUT2D eigenvalue weighted by Gasteiger charge is -2.27. The van der Waals surface area contributed by atoms with Crippen LogP contribution in [0.3, 0.4) is 0 Å². The van der Waals surface area contributed by atoms with Crippen molar-refractivity contribution in [2.75, 3.05) is 51.3 Å². The van der Waals surface area contributed by atoms with Gasteiger partial charge in [0.25, 0.3) is 0 Å². The Hall–Kier alpha value is -2.43. The Morgan fingerprint density at radius 3 is 2.79 bits per heavy atom. The largest absolute Gasteiger partial charge is 0.379 e. The summed E-state index contributed by atoms with van der Waals surface area (Å²) in [5, 5.41) is 3.62. The highest BCUT2D eigenvalue weighted by molar-refractivity contribution is 9.10. The number of imidazole rings is 1. The van der Waals surface area contributed by atoms with E-state index in [1.165, 1.54) is 11.4 Å². The van der Waals surface area contributed by atoms with E-state index in [9.17, 15) is 4.79 Å². The van der Waals surface area contributed by atoms with Gasteiger partial charge in [0.2, 0.25) is 5.91 Å². The molecule has 1 amide bonds. The average Bonchev–Trinajstić information content (AvgIpc) is 3.53. The van der Waals surface area contributed by atoms with Gasteiger partial charge in [0, 0.05) is 75.4 Å². The molecule has 2 fully saturated rings. The van der Waals surface area contributed by atoms with E-state index in [1.54, 1.807) is 13.1 Å². The second-order valence-electron chi connectivity index (χ2n) is 9.25. The van der Waals surface area contributed by atoms with E-state index < -0.39 is 0 Å². The number of halogens is 1. The first-order valence-electron chi connectivity index (χ1n) is 11.9. The monoisotopic (exact) mass is 529 g/mol. The van der Waals surface area contributed by atoms with Crippen molar-refractivity contribution in [3.05, 3.63) is 28.1 Å². The number of hydrogen-bond donors (Lipinski definition) is 2. The summed E-state index contributed by atoms with van der Waals surface area (Å²) in [5.41, 5.74) is 6.03. The maximum absolute atomic E-state index is 11.7. The van der Waals surface area contributed by atoms with E-state index >= 15 is 0 Å². The van der Waals surface area contributed by atoms with E-state index in [2.05, 4.69) is 60.6 Å². The Morgan fingerprint density at radius 1 is 1.26 bits per heavy atom. The smallest absolute Gasteiger partial charge is 0.219 e. The number of morpholine rings is 1. The van der Waals surface area contributed by atoms with Gasteiger partial charge in [-0.3, -0.25) is 9.69 Å². The van der Waals surface area contributed by atoms with Crippen LogP contribution in [0.15, 0.2) is 16.7 Å². The van der Waals surface area contributed by atoms with E-state index in [1.807, 2.05) is 4.90 Å². The van der Waals surface area contributed by atoms with Crippen LogP contribution < -0.4 is 5.32 Å². The molecule has 1 atom stereocenters. The van der Waals surface area contributed by atoms with Crippen LogP contribution in [0.1, 0.15) is 24.7 Å². The average molecular weight is 530 g/mol. The van der Waals surface area contributed by atoms with Gasteiger partial charge in [-0.25, -0.2) is 9.97 Å². The van der Waals surface area contributed by atoms with E-state index in [4.69, 9.17) is 9.72 Å². The molecule has 0 saturated carbocycles. The third-order valence-electron chi connectivity index (χ3n) is 7.03. The Morgan fingerprint density at radius 2 is 2.06 bits per heavy atom. The Balaban J connectivity index is 1.39. The molecular formula is C24H32BrN7O2. The molecule has 2 N–H and O–H groups in total. The number of carbonyl (C=O) groups is 1. The summed E-state index contributed by atoms with van der Waals surface area (Å²) < 4.78 is 8.73. The zero-order chi connectivity index (χ0) is 23.8. The van der Waals surface area contributed by atoms with Crippen LogP contribution in [0.25, 0.3) is 22.6 Å². The highest BCUT2D eigenvalue weighted by Crippen LogP contribution is 2.33. The molecule has 182 valence electrons. The van der Waals surface area contributed by atoms with Gasteiger partial charge in [0.15, 0.2) is 5.65 Å². The molecule has 0 aliphatic carbocycles. The standard InChI is InChI=1S/C24H32BrN7O2/c1-15-12-19(16(2)32(15)7-6-30-8-10-34-11-9-30)23-28-22-21(20(25)13-26-24(22)29-23)27-18-4-5-31(14-18)17(3)33/h12-13,18H,4-11,14H2,1-3H3,(H2,26,27,28,29)/t18-/m0/s1. The van der Waals surface area contributed by atoms with E-state index in [-0.39, 0.29) is 11.9 Å². The summed E-state index contributed by atoms with van der Waals surface area (Å²) in [5.74, 6) is 0.946. The first kappa shape index (κ1) is 23.3. The lowest BCUT2D eigenvalue weighted by atomic mass is 10.2. The number of nitrogens with one attached hydrogen (secondary N) is 2. The van der Waals surface area contributed by atoms with Crippen molar-refractivity contribution in [1.29, 1.82) is 0 Å². The fourth-order valence-corrected chi connectivity index (χ4v) is 5.44. The second kappa shape index (κ2) is 9.67. The molecule has 0 aromatic carbocycles. The van der Waals surface area contributed by atoms with Crippen molar-refractivity contribution in [3.63, 3.8) is 0 Å². The molecular weight excluding hydrogens is 498 g/mol. The first-order valence-corrected chi connectivity index (χ1v) is 12.7. The molecule has 3 aromatic rings. The number of aromatic amines is 1. The molecule has 2 saturated heterocycles. The van der Waals surface area contributed by atoms with Crippen LogP contribution in [0.5, 0.6) is 0 Å². The Kier molecular flexibility index (Phi) is 6.63. The SMILES string of the molecule is CC(=O)N1CC[C@H](Nc2c(Br)cnc3nc(-c4cc(C)n(CCN5CCOCC5)c4C)[nH]c23)C1. The predicted octanol–water partition coefficient (Wildman–Crippen LogP) is 3.17. The number of carbonyl (C=O) groups excluding carboxylic acids is 1. The van der Waals surface area contributed by atoms with Gasteiger partial charge < -0.3 is 24.5 Å². The van der Waals surface area contributed by atoms with Gasteiger partial charge in [-0.15, -0.1) is 0 Å². The van der Waals surface area contributed by atoms with Crippen LogP contribution >= 0.6 is 15.9 Å². The van der Waals surface area contributed by atoms with Crippen LogP contribution in [0, 0.1) is 13.8 Å². The van der Waals surface area contributed by atoms with Gasteiger partial charge >= 0.3 is 0 Å². The fraction of sp³-hybridized carbons (Fsp3) is 0.542. The summed E-state index contributed by atoms with van der Waals surface area (Å²) in [6.07, 6.45) is 2.71. The number of pyridine rings is 1. The van der Waals surface area contributed by atoms with Crippen molar-refractivity contribution < 1.29 is 9.53 Å². The van der Waals surface area contributed by atoms with Gasteiger partial charge in [-0.05, 0) is 42.3 Å². The number of nitrogens with zero attached hydrogens (tertiary/aromatic N) is 5. The highest BCUT2D eigenvalue weighted by Gasteiger charge is 2.26. The van der Waals surface area contributed by atoms with Crippen molar-refractivity contribution in [2.24, 2.45) is 0 Å². The first-order chi connectivity index (χ1) is 16.4. The van der Waals surface area contributed by atoms with Crippen LogP contribution in [0.4, 0.5) is 5.69 Å². The van der Waals surface area contributed by atoms with Crippen LogP contribution in [0.2, 0.25) is 0 Å². The predicted molar refractivity (Wildman–Crippen MR) is 136 cm³/mol. The third-order valence-corrected chi connectivity index (χ3v) is 7.63. The fourth-order valence-electron chi connectivity index (χ4n) is 5.02. The molecule has 34 heavy (non-hydrogen) atoms. The quantitative estimate of drug-likeness (QED) is 0.509. The van der Waals surface area contributed by atoms with E-state index in [0.29, 0.717) is 12.2 Å². The number of fused-ring (bicyclic) bond motifs is 1. The molecule has 3 aromatic heterocycles. The van der Waals surface area contributed by atoms with Crippen molar-refractivity contribution in [3.8, 4) is 11.4 Å². The minimum atomic E-state index is 0.121. The number of H-pyrrole nitrogens is 1. The lowest BCUT2D eigenvalue weighted by Crippen LogP contribution is -2.38. The summed E-state index contributed by atoms with van der Waals surface area (Å²) in [4.78, 5) is 29.0. The number of aryl methyl sites for hydroxylation is 1. The number of aromatic nitrogens is 4. The number of anilines is 1. The van der Waals surface area contributed by atoms with Crippen LogP contribution in [-0.2, 0) is 16.1 Å². The summed E-state index contributed by atoms with van der Waals surface area (Å²) in [6, 6.07) is 2.40. The molecule has 0 unspecified atom stereocenters. The zero-order valence-corrected chi connectivity index (χ0v) is 21.6. The molecule has 2 aliphatic heterocycles. The van der Waals surface area contributed by atoms with Crippen molar-refractivity contribution in [1.82, 2.24) is 29.3 Å². The van der Waals surface area contributed by atoms with Crippen molar-refractivity contribution >= 4 is 38.7 Å². The van der Waals surface area contributed by atoms with Crippen LogP contribution in [-0.4, -0.2) is 87.2 Å². The molecule has 0 radical (unpaired) electrons. The number of hydrogen-bond acceptors (Lipinski definition) is 6. The van der Waals surface area contributed by atoms with Gasteiger partial charge in [0.05, 0.1) is 23.4 Å². The lowest BCUT2D eigenvalue weighted by molar-refractivity contribution is -0.127. The molecule has 9 nitrogen and oxygen atoms in total. The Labute approximate surface area is 208 Å². The zero-order valence-electron chi connectivity index (χ0n) is 20.0. The molecule has 5 heterocycles. The topological polar surface area (TPSA) is 91.3 Å². The number of amides is 1. The summed E-state index contributed by atoms with van der Waals surface area (Å²) >= 11 is 3.65. The normalized spacial score (nSPS) is 19.3. The minimum absolute atomic E-state index is 0.121. The van der Waals surface area contributed by atoms with E-state index in [0.717, 1.165) is 79.4 Å². The van der Waals surface area contributed by atoms with Gasteiger partial charge in [-0.1, -0.05) is 0 Å². The maximum Gasteiger partial charge on any atom is 0.219 e. The van der Waals surface area contributed by atoms with Gasteiger partial charge in [0.1, 0.15) is 11.3 Å². The van der Waals surface area contributed by atoms with Crippen molar-refractivity contribution in [2.45, 2.75) is 39.8 Å². The van der Waals surface area contributed by atoms with Gasteiger partial charge in [-0.2, -0.15) is 0 Å². The maximum atomic E-state index is 11.7. The highest BCUT2D eigenvalue weighted by atomic mass is 79.9. The third kappa shape index (κ3) is 4.58. The molecule has 2 aliphatic rings. The molecule has 0 bridgehead atoms. The number of ether oxygens (including phenoxy) is 1. The molecule has 0 spiro atoms. The number of likely N-dealkylation sites (tertiary alicyclic amines) is 1. The molecule has 5 rings (SSSR count). The molecule has 10 heteroatoms. The minimum Gasteiger partial charge on any atom is -0.379 e.